The van der Waals surface area contributed by atoms with Gasteiger partial charge in [0.25, 0.3) is 0 Å². The monoisotopic (exact) mass is 267 g/mol. The highest BCUT2D eigenvalue weighted by molar-refractivity contribution is 5.67. The second-order valence-corrected chi connectivity index (χ2v) is 3.67. The molecule has 0 rings (SSSR count). The molecular formula is C16H29NO2. The molecule has 0 aliphatic rings. The van der Waals surface area contributed by atoms with E-state index in [1.54, 1.807) is 6.08 Å². The number of ether oxygens (including phenoxy) is 1. The minimum atomic E-state index is -0.354. The van der Waals surface area contributed by atoms with Crippen LogP contribution in [0.5, 0.6) is 0 Å². The maximum absolute atomic E-state index is 11.3. The Morgan fingerprint density at radius 1 is 1.32 bits per heavy atom. The molecule has 0 aliphatic carbocycles. The molecule has 0 aromatic carbocycles. The zero-order chi connectivity index (χ0) is 14.9. The summed E-state index contributed by atoms with van der Waals surface area (Å²) >= 11 is 0. The minimum Gasteiger partial charge on any atom is -0.445 e. The van der Waals surface area contributed by atoms with Gasteiger partial charge in [0.2, 0.25) is 0 Å². The molecule has 0 aliphatic heterocycles. The molecule has 0 fully saturated rings. The van der Waals surface area contributed by atoms with Crippen LogP contribution in [0.3, 0.4) is 0 Å². The molecule has 3 nitrogen and oxygen atoms in total. The van der Waals surface area contributed by atoms with Crippen LogP contribution in [0.4, 0.5) is 4.79 Å². The summed E-state index contributed by atoms with van der Waals surface area (Å²) in [6.45, 7) is 12.6. The van der Waals surface area contributed by atoms with E-state index in [2.05, 4.69) is 18.8 Å². The van der Waals surface area contributed by atoms with Gasteiger partial charge in [-0.1, -0.05) is 64.5 Å². The Labute approximate surface area is 118 Å². The van der Waals surface area contributed by atoms with Crippen molar-refractivity contribution >= 4 is 6.09 Å². The van der Waals surface area contributed by atoms with Gasteiger partial charge < -0.3 is 10.1 Å². The highest BCUT2D eigenvalue weighted by Gasteiger charge is 2.01. The van der Waals surface area contributed by atoms with E-state index in [-0.39, 0.29) is 6.09 Å². The van der Waals surface area contributed by atoms with Crippen LogP contribution in [-0.4, -0.2) is 19.2 Å². The maximum atomic E-state index is 11.3. The predicted molar refractivity (Wildman–Crippen MR) is 83.3 cm³/mol. The van der Waals surface area contributed by atoms with Gasteiger partial charge >= 0.3 is 6.09 Å². The Morgan fingerprint density at radius 3 is 2.53 bits per heavy atom. The number of carbonyl (C=O) groups excluding carboxylic acids is 1. The van der Waals surface area contributed by atoms with Crippen molar-refractivity contribution < 1.29 is 9.53 Å². The van der Waals surface area contributed by atoms with Crippen molar-refractivity contribution in [2.24, 2.45) is 0 Å². The van der Waals surface area contributed by atoms with E-state index in [0.29, 0.717) is 13.2 Å². The van der Waals surface area contributed by atoms with Crippen molar-refractivity contribution in [1.29, 1.82) is 0 Å². The van der Waals surface area contributed by atoms with Crippen LogP contribution < -0.4 is 5.32 Å². The Balaban J connectivity index is 0. The minimum absolute atomic E-state index is 0.292. The highest BCUT2D eigenvalue weighted by atomic mass is 16.5. The molecule has 1 N–H and O–H groups in total. The summed E-state index contributed by atoms with van der Waals surface area (Å²) in [5.41, 5.74) is 0.952. The Hall–Kier alpha value is -1.51. The van der Waals surface area contributed by atoms with Gasteiger partial charge in [0.05, 0.1) is 0 Å². The van der Waals surface area contributed by atoms with Crippen LogP contribution in [0.15, 0.2) is 36.5 Å². The van der Waals surface area contributed by atoms with Crippen LogP contribution in [0, 0.1) is 0 Å². The van der Waals surface area contributed by atoms with Crippen molar-refractivity contribution in [3.8, 4) is 0 Å². The molecule has 0 aromatic rings. The normalized spacial score (nSPS) is 10.6. The van der Waals surface area contributed by atoms with E-state index in [9.17, 15) is 4.79 Å². The Morgan fingerprint density at radius 2 is 2.00 bits per heavy atom. The number of allylic oxidation sites excluding steroid dienone is 3. The number of nitrogens with one attached hydrogen (secondary N) is 1. The SMILES string of the molecule is C=C/C=C\C(=C/C)COC(=O)NCCCCC.CC. The lowest BCUT2D eigenvalue weighted by atomic mass is 10.2. The number of hydrogen-bond acceptors (Lipinski definition) is 2. The second kappa shape index (κ2) is 16.5. The fourth-order valence-electron chi connectivity index (χ4n) is 1.18. The predicted octanol–water partition coefficient (Wildman–Crippen LogP) is 4.62. The summed E-state index contributed by atoms with van der Waals surface area (Å²) in [6, 6.07) is 0. The molecular weight excluding hydrogens is 238 g/mol. The van der Waals surface area contributed by atoms with Gasteiger partial charge in [-0.3, -0.25) is 0 Å². The van der Waals surface area contributed by atoms with Crippen molar-refractivity contribution in [1.82, 2.24) is 5.32 Å². The average Bonchev–Trinajstić information content (AvgIpc) is 2.46. The summed E-state index contributed by atoms with van der Waals surface area (Å²) in [4.78, 5) is 11.3. The third kappa shape index (κ3) is 14.4. The smallest absolute Gasteiger partial charge is 0.407 e. The number of carbonyl (C=O) groups is 1. The standard InChI is InChI=1S/C14H23NO2.C2H6/c1-4-7-9-11-15-14(16)17-12-13(6-3)10-8-5-2;1-2/h5-6,8,10H,2,4,7,9,11-12H2,1,3H3,(H,15,16);1-2H3/b10-8-,13-6+;. The molecule has 0 atom stereocenters. The van der Waals surface area contributed by atoms with E-state index < -0.39 is 0 Å². The number of unbranched alkanes of at least 4 members (excludes halogenated alkanes) is 2. The highest BCUT2D eigenvalue weighted by Crippen LogP contribution is 1.98. The lowest BCUT2D eigenvalue weighted by Gasteiger charge is -2.07. The van der Waals surface area contributed by atoms with Crippen LogP contribution >= 0.6 is 0 Å². The zero-order valence-corrected chi connectivity index (χ0v) is 12.9. The van der Waals surface area contributed by atoms with Crippen LogP contribution in [0.2, 0.25) is 0 Å². The van der Waals surface area contributed by atoms with Gasteiger partial charge in [0.1, 0.15) is 6.61 Å². The summed E-state index contributed by atoms with van der Waals surface area (Å²) in [7, 11) is 0. The topological polar surface area (TPSA) is 38.3 Å². The summed E-state index contributed by atoms with van der Waals surface area (Å²) in [5.74, 6) is 0. The van der Waals surface area contributed by atoms with Crippen LogP contribution in [-0.2, 0) is 4.74 Å². The quantitative estimate of drug-likeness (QED) is 0.515. The van der Waals surface area contributed by atoms with Gasteiger partial charge in [-0.2, -0.15) is 0 Å². The molecule has 0 heterocycles. The molecule has 1 amide bonds. The molecule has 3 heteroatoms. The third-order valence-corrected chi connectivity index (χ3v) is 2.24. The van der Waals surface area contributed by atoms with Crippen molar-refractivity contribution in [3.63, 3.8) is 0 Å². The van der Waals surface area contributed by atoms with Gasteiger partial charge in [-0.05, 0) is 18.9 Å². The van der Waals surface area contributed by atoms with Gasteiger partial charge in [-0.15, -0.1) is 0 Å². The summed E-state index contributed by atoms with van der Waals surface area (Å²) in [5, 5.41) is 2.72. The fraction of sp³-hybridized carbons (Fsp3) is 0.562. The first kappa shape index (κ1) is 19.8. The van der Waals surface area contributed by atoms with E-state index in [1.165, 1.54) is 0 Å². The second-order valence-electron chi connectivity index (χ2n) is 3.67. The molecule has 0 radical (unpaired) electrons. The maximum Gasteiger partial charge on any atom is 0.407 e. The van der Waals surface area contributed by atoms with Gasteiger partial charge in [-0.25, -0.2) is 4.79 Å². The lowest BCUT2D eigenvalue weighted by molar-refractivity contribution is 0.156. The van der Waals surface area contributed by atoms with Crippen molar-refractivity contribution in [3.05, 3.63) is 36.5 Å². The zero-order valence-electron chi connectivity index (χ0n) is 12.9. The Bertz CT molecular complexity index is 280. The van der Waals surface area contributed by atoms with Gasteiger partial charge in [0, 0.05) is 6.54 Å². The molecule has 0 saturated carbocycles. The first-order valence-corrected chi connectivity index (χ1v) is 7.09. The van der Waals surface area contributed by atoms with Crippen molar-refractivity contribution in [2.45, 2.75) is 47.0 Å². The van der Waals surface area contributed by atoms with Crippen molar-refractivity contribution in [2.75, 3.05) is 13.2 Å². The summed E-state index contributed by atoms with van der Waals surface area (Å²) < 4.78 is 5.07. The molecule has 110 valence electrons. The van der Waals surface area contributed by atoms with Crippen LogP contribution in [0.25, 0.3) is 0 Å². The van der Waals surface area contributed by atoms with Crippen LogP contribution in [0.1, 0.15) is 47.0 Å². The number of alkyl carbamates (subject to hydrolysis) is 1. The molecule has 0 spiro atoms. The third-order valence-electron chi connectivity index (χ3n) is 2.24. The first-order valence-electron chi connectivity index (χ1n) is 7.09. The van der Waals surface area contributed by atoms with E-state index in [0.717, 1.165) is 24.8 Å². The molecule has 0 aromatic heterocycles. The number of hydrogen-bond donors (Lipinski definition) is 1. The van der Waals surface area contributed by atoms with E-state index in [4.69, 9.17) is 4.74 Å². The molecule has 0 saturated heterocycles. The lowest BCUT2D eigenvalue weighted by Crippen LogP contribution is -2.25. The molecule has 0 unspecified atom stereocenters. The fourth-order valence-corrected chi connectivity index (χ4v) is 1.18. The molecule has 0 bridgehead atoms. The largest absolute Gasteiger partial charge is 0.445 e. The number of amides is 1. The number of rotatable bonds is 8. The summed E-state index contributed by atoms with van der Waals surface area (Å²) in [6.07, 6.45) is 10.2. The molecule has 19 heavy (non-hydrogen) atoms. The van der Waals surface area contributed by atoms with Gasteiger partial charge in [0.15, 0.2) is 0 Å². The first-order chi connectivity index (χ1) is 9.24. The average molecular weight is 267 g/mol. The van der Waals surface area contributed by atoms with E-state index >= 15 is 0 Å². The Kier molecular flexibility index (Phi) is 17.2. The van der Waals surface area contributed by atoms with E-state index in [1.807, 2.05) is 39.0 Å².